The number of carbonyl (C=O) groups is 1. The zero-order valence-corrected chi connectivity index (χ0v) is 18.9. The van der Waals surface area contributed by atoms with Crippen LogP contribution in [0.15, 0.2) is 48.5 Å². The summed E-state index contributed by atoms with van der Waals surface area (Å²) < 4.78 is 25.3. The van der Waals surface area contributed by atoms with Crippen LogP contribution in [0.2, 0.25) is 0 Å². The lowest BCUT2D eigenvalue weighted by Gasteiger charge is -2.46. The summed E-state index contributed by atoms with van der Waals surface area (Å²) in [6, 6.07) is 14.4. The predicted molar refractivity (Wildman–Crippen MR) is 124 cm³/mol. The van der Waals surface area contributed by atoms with E-state index in [0.29, 0.717) is 17.9 Å². The predicted octanol–water partition coefficient (Wildman–Crippen LogP) is 3.16. The molecule has 0 atom stereocenters. The molecule has 3 fully saturated rings. The number of nitrogen functional groups attached to an aromatic ring is 1. The Hall–Kier alpha value is -2.68. The maximum atomic E-state index is 13.3. The highest BCUT2D eigenvalue weighted by Gasteiger charge is 2.50. The molecule has 1 amide bonds. The van der Waals surface area contributed by atoms with Crippen LogP contribution in [0.25, 0.3) is 0 Å². The van der Waals surface area contributed by atoms with E-state index in [9.17, 15) is 9.18 Å². The van der Waals surface area contributed by atoms with Gasteiger partial charge in [-0.3, -0.25) is 4.79 Å². The summed E-state index contributed by atoms with van der Waals surface area (Å²) in [5, 5.41) is 3.05. The molecule has 176 valence electrons. The number of piperidine rings is 1. The molecule has 7 nitrogen and oxygen atoms in total. The van der Waals surface area contributed by atoms with Crippen molar-refractivity contribution in [2.24, 2.45) is 0 Å². The summed E-state index contributed by atoms with van der Waals surface area (Å²) in [5.41, 5.74) is 7.55. The van der Waals surface area contributed by atoms with Gasteiger partial charge in [-0.1, -0.05) is 18.2 Å². The lowest BCUT2D eigenvalue weighted by atomic mass is 9.85. The Bertz CT molecular complexity index is 1000. The Morgan fingerprint density at radius 3 is 2.58 bits per heavy atom. The molecule has 5 rings (SSSR count). The van der Waals surface area contributed by atoms with E-state index in [4.69, 9.17) is 15.2 Å². The van der Waals surface area contributed by atoms with Crippen LogP contribution >= 0.6 is 0 Å². The zero-order chi connectivity index (χ0) is 23.1. The van der Waals surface area contributed by atoms with Crippen LogP contribution < -0.4 is 16.0 Å². The number of halogens is 1. The van der Waals surface area contributed by atoms with E-state index < -0.39 is 11.3 Å². The van der Waals surface area contributed by atoms with Crippen molar-refractivity contribution in [3.63, 3.8) is 0 Å². The quantitative estimate of drug-likeness (QED) is 0.653. The first-order valence-corrected chi connectivity index (χ1v) is 11.6. The summed E-state index contributed by atoms with van der Waals surface area (Å²) in [5.74, 6) is -1.15. The van der Waals surface area contributed by atoms with Crippen LogP contribution in [0, 0.1) is 5.82 Å². The third-order valence-corrected chi connectivity index (χ3v) is 7.22. The number of anilines is 2. The SMILES string of the molecule is CC1(c2ccc(F)cc2N)OC(CCCN2CCC3(CC2)C(=O)NCN3c2ccccc2)O1. The summed E-state index contributed by atoms with van der Waals surface area (Å²) in [6.45, 7) is 5.07. The molecule has 2 aromatic rings. The molecule has 0 aromatic heterocycles. The summed E-state index contributed by atoms with van der Waals surface area (Å²) in [6.07, 6.45) is 3.04. The number of rotatable bonds is 6. The zero-order valence-electron chi connectivity index (χ0n) is 18.9. The highest BCUT2D eigenvalue weighted by atomic mass is 19.1. The first-order valence-electron chi connectivity index (χ1n) is 11.6. The van der Waals surface area contributed by atoms with E-state index in [0.717, 1.165) is 51.0 Å². The molecule has 0 aliphatic carbocycles. The van der Waals surface area contributed by atoms with Gasteiger partial charge in [-0.25, -0.2) is 4.39 Å². The van der Waals surface area contributed by atoms with Gasteiger partial charge >= 0.3 is 0 Å². The largest absolute Gasteiger partial charge is 0.398 e. The van der Waals surface area contributed by atoms with E-state index in [2.05, 4.69) is 27.2 Å². The van der Waals surface area contributed by atoms with Crippen molar-refractivity contribution >= 4 is 17.3 Å². The van der Waals surface area contributed by atoms with Crippen LogP contribution in [-0.2, 0) is 20.1 Å². The van der Waals surface area contributed by atoms with Gasteiger partial charge in [0.05, 0.1) is 6.67 Å². The van der Waals surface area contributed by atoms with Crippen LogP contribution in [0.5, 0.6) is 0 Å². The van der Waals surface area contributed by atoms with E-state index in [1.165, 1.54) is 12.1 Å². The fraction of sp³-hybridized carbons (Fsp3) is 0.480. The standard InChI is InChI=1S/C25H31FN4O3/c1-24(20-10-9-18(26)16-21(20)27)32-22(33-24)8-5-13-29-14-11-25(12-15-29)23(31)28-17-30(25)19-6-3-2-4-7-19/h2-4,6-7,9-10,16,22H,5,8,11-15,17,27H2,1H3,(H,28,31). The number of hydrogen-bond donors (Lipinski definition) is 2. The van der Waals surface area contributed by atoms with Crippen molar-refractivity contribution in [1.29, 1.82) is 0 Å². The first kappa shape index (κ1) is 22.1. The number of hydrogen-bond acceptors (Lipinski definition) is 6. The number of carbonyl (C=O) groups excluding carboxylic acids is 1. The number of nitrogens with zero attached hydrogens (tertiary/aromatic N) is 2. The third kappa shape index (κ3) is 4.07. The van der Waals surface area contributed by atoms with Crippen molar-refractivity contribution in [3.8, 4) is 0 Å². The number of amides is 1. The van der Waals surface area contributed by atoms with E-state index >= 15 is 0 Å². The van der Waals surface area contributed by atoms with Crippen LogP contribution in [-0.4, -0.2) is 48.9 Å². The van der Waals surface area contributed by atoms with Gasteiger partial charge in [0.1, 0.15) is 11.4 Å². The summed E-state index contributed by atoms with van der Waals surface area (Å²) in [7, 11) is 0. The Labute approximate surface area is 193 Å². The minimum Gasteiger partial charge on any atom is -0.398 e. The molecular weight excluding hydrogens is 423 g/mol. The monoisotopic (exact) mass is 454 g/mol. The van der Waals surface area contributed by atoms with Crippen molar-refractivity contribution in [2.75, 3.05) is 36.9 Å². The average molecular weight is 455 g/mol. The fourth-order valence-corrected chi connectivity index (χ4v) is 5.36. The van der Waals surface area contributed by atoms with E-state index in [1.807, 2.05) is 25.1 Å². The molecule has 3 heterocycles. The summed E-state index contributed by atoms with van der Waals surface area (Å²) >= 11 is 0. The number of nitrogens with one attached hydrogen (secondary N) is 1. The molecule has 8 heteroatoms. The average Bonchev–Trinajstić information content (AvgIpc) is 3.10. The van der Waals surface area contributed by atoms with Crippen molar-refractivity contribution in [1.82, 2.24) is 10.2 Å². The third-order valence-electron chi connectivity index (χ3n) is 7.22. The normalized spacial score (nSPS) is 26.9. The topological polar surface area (TPSA) is 80.1 Å². The molecule has 3 N–H and O–H groups in total. The van der Waals surface area contributed by atoms with Gasteiger partial charge in [0, 0.05) is 30.0 Å². The van der Waals surface area contributed by atoms with E-state index in [-0.39, 0.29) is 18.0 Å². The van der Waals surface area contributed by atoms with Crippen LogP contribution in [0.1, 0.15) is 38.2 Å². The molecular formula is C25H31FN4O3. The van der Waals surface area contributed by atoms with Crippen molar-refractivity contribution in [3.05, 3.63) is 59.9 Å². The Balaban J connectivity index is 1.09. The maximum absolute atomic E-state index is 13.3. The van der Waals surface area contributed by atoms with E-state index in [1.54, 1.807) is 6.07 Å². The van der Waals surface area contributed by atoms with Gasteiger partial charge in [-0.15, -0.1) is 0 Å². The van der Waals surface area contributed by atoms with Crippen LogP contribution in [0.3, 0.4) is 0 Å². The molecule has 0 unspecified atom stereocenters. The van der Waals surface area contributed by atoms with Gasteiger partial charge in [-0.05, 0) is 69.5 Å². The second-order valence-electron chi connectivity index (χ2n) is 9.29. The molecule has 0 saturated carbocycles. The molecule has 3 aliphatic heterocycles. The number of benzene rings is 2. The molecule has 3 saturated heterocycles. The van der Waals surface area contributed by atoms with Crippen LogP contribution in [0.4, 0.5) is 15.8 Å². The smallest absolute Gasteiger partial charge is 0.247 e. The number of ether oxygens (including phenoxy) is 2. The lowest BCUT2D eigenvalue weighted by molar-refractivity contribution is -0.455. The molecule has 0 bridgehead atoms. The highest BCUT2D eigenvalue weighted by molar-refractivity contribution is 5.93. The fourth-order valence-electron chi connectivity index (χ4n) is 5.36. The molecule has 2 aromatic carbocycles. The molecule has 33 heavy (non-hydrogen) atoms. The number of likely N-dealkylation sites (tertiary alicyclic amines) is 1. The van der Waals surface area contributed by atoms with Crippen molar-refractivity contribution < 1.29 is 18.7 Å². The lowest BCUT2D eigenvalue weighted by Crippen LogP contribution is -2.56. The molecule has 1 spiro atoms. The first-order chi connectivity index (χ1) is 15.9. The number of para-hydroxylation sites is 1. The molecule has 0 radical (unpaired) electrons. The highest BCUT2D eigenvalue weighted by Crippen LogP contribution is 2.42. The Morgan fingerprint density at radius 1 is 1.15 bits per heavy atom. The Morgan fingerprint density at radius 2 is 1.88 bits per heavy atom. The molecule has 3 aliphatic rings. The number of nitrogens with two attached hydrogens (primary N) is 1. The second kappa shape index (κ2) is 8.59. The van der Waals surface area contributed by atoms with Gasteiger partial charge in [-0.2, -0.15) is 0 Å². The minimum absolute atomic E-state index is 0.140. The van der Waals surface area contributed by atoms with Gasteiger partial charge in [0.15, 0.2) is 12.1 Å². The van der Waals surface area contributed by atoms with Gasteiger partial charge in [0.25, 0.3) is 0 Å². The summed E-state index contributed by atoms with van der Waals surface area (Å²) in [4.78, 5) is 17.4. The Kier molecular flexibility index (Phi) is 5.76. The second-order valence-corrected chi connectivity index (χ2v) is 9.29. The van der Waals surface area contributed by atoms with Gasteiger partial charge < -0.3 is 30.3 Å². The van der Waals surface area contributed by atoms with Gasteiger partial charge in [0.2, 0.25) is 5.91 Å². The van der Waals surface area contributed by atoms with Crippen molar-refractivity contribution in [2.45, 2.75) is 50.2 Å². The maximum Gasteiger partial charge on any atom is 0.247 e. The minimum atomic E-state index is -0.920.